The Morgan fingerprint density at radius 1 is 1.00 bits per heavy atom. The predicted octanol–water partition coefficient (Wildman–Crippen LogP) is 5.37. The van der Waals surface area contributed by atoms with Gasteiger partial charge in [-0.3, -0.25) is 9.59 Å². The van der Waals surface area contributed by atoms with Gasteiger partial charge in [0.05, 0.1) is 7.11 Å². The van der Waals surface area contributed by atoms with Crippen LogP contribution >= 0.6 is 0 Å². The van der Waals surface area contributed by atoms with E-state index in [4.69, 9.17) is 4.74 Å². The molecule has 1 aliphatic carbocycles. The number of alkyl halides is 3. The number of anilines is 1. The van der Waals surface area contributed by atoms with Crippen molar-refractivity contribution in [2.45, 2.75) is 50.9 Å². The Labute approximate surface area is 224 Å². The quantitative estimate of drug-likeness (QED) is 0.242. The molecule has 0 saturated heterocycles. The molecular weight excluding hydrogens is 513 g/mol. The minimum absolute atomic E-state index is 0.267. The number of hydrogen-bond donors (Lipinski definition) is 4. The van der Waals surface area contributed by atoms with Gasteiger partial charge in [0.15, 0.2) is 0 Å². The molecule has 39 heavy (non-hydrogen) atoms. The van der Waals surface area contributed by atoms with Crippen molar-refractivity contribution < 1.29 is 32.2 Å². The number of nitrogens with one attached hydrogen (secondary N) is 4. The highest BCUT2D eigenvalue weighted by Crippen LogP contribution is 2.28. The van der Waals surface area contributed by atoms with E-state index in [1.165, 1.54) is 30.7 Å². The van der Waals surface area contributed by atoms with E-state index in [0.29, 0.717) is 36.0 Å². The van der Waals surface area contributed by atoms with Crippen molar-refractivity contribution in [1.29, 1.82) is 0 Å². The van der Waals surface area contributed by atoms with Gasteiger partial charge < -0.3 is 30.4 Å². The molecule has 0 bridgehead atoms. The Hall–Kier alpha value is -3.89. The monoisotopic (exact) mass is 546 g/mol. The van der Waals surface area contributed by atoms with E-state index in [1.807, 2.05) is 12.1 Å². The molecule has 11 heteroatoms. The van der Waals surface area contributed by atoms with Crippen LogP contribution in [0.25, 0.3) is 10.9 Å². The van der Waals surface area contributed by atoms with Gasteiger partial charge in [0.25, 0.3) is 5.91 Å². The summed E-state index contributed by atoms with van der Waals surface area (Å²) in [6.45, 7) is 0.613. The number of halogens is 3. The zero-order chi connectivity index (χ0) is 27.8. The number of methoxy groups -OCH3 is 1. The summed E-state index contributed by atoms with van der Waals surface area (Å²) in [5, 5.41) is 9.66. The number of fused-ring (bicyclic) bond motifs is 1. The Kier molecular flexibility index (Phi) is 9.21. The maximum absolute atomic E-state index is 13.1. The molecule has 0 spiro atoms. The molecular formula is C28H33F3N4O4. The second-order valence-electron chi connectivity index (χ2n) is 9.69. The van der Waals surface area contributed by atoms with Crippen LogP contribution in [0, 0.1) is 5.92 Å². The van der Waals surface area contributed by atoms with Crippen molar-refractivity contribution >= 4 is 28.4 Å². The minimum Gasteiger partial charge on any atom is -0.497 e. The van der Waals surface area contributed by atoms with Gasteiger partial charge in [-0.15, -0.1) is 13.2 Å². The molecule has 1 aromatic heterocycles. The average Bonchev–Trinajstić information content (AvgIpc) is 3.35. The summed E-state index contributed by atoms with van der Waals surface area (Å²) in [5.41, 5.74) is 1.74. The molecule has 8 nitrogen and oxygen atoms in total. The highest BCUT2D eigenvalue weighted by atomic mass is 19.4. The topological polar surface area (TPSA) is 104 Å². The fraction of sp³-hybridized carbons (Fsp3) is 0.429. The first-order chi connectivity index (χ1) is 18.7. The van der Waals surface area contributed by atoms with Gasteiger partial charge in [-0.1, -0.05) is 32.1 Å². The molecule has 1 saturated carbocycles. The van der Waals surface area contributed by atoms with E-state index in [-0.39, 0.29) is 24.1 Å². The zero-order valence-corrected chi connectivity index (χ0v) is 21.7. The van der Waals surface area contributed by atoms with Crippen molar-refractivity contribution in [3.63, 3.8) is 0 Å². The van der Waals surface area contributed by atoms with Gasteiger partial charge in [-0.25, -0.2) is 0 Å². The Morgan fingerprint density at radius 2 is 1.72 bits per heavy atom. The molecule has 2 aromatic carbocycles. The Morgan fingerprint density at radius 3 is 2.41 bits per heavy atom. The lowest BCUT2D eigenvalue weighted by Gasteiger charge is -2.26. The predicted molar refractivity (Wildman–Crippen MR) is 142 cm³/mol. The normalized spacial score (nSPS) is 15.0. The molecule has 2 amide bonds. The highest BCUT2D eigenvalue weighted by molar-refractivity contribution is 6.00. The van der Waals surface area contributed by atoms with Crippen LogP contribution < -0.4 is 25.4 Å². The molecule has 0 radical (unpaired) electrons. The van der Waals surface area contributed by atoms with Crippen molar-refractivity contribution in [1.82, 2.24) is 15.6 Å². The molecule has 3 aromatic rings. The van der Waals surface area contributed by atoms with E-state index < -0.39 is 12.4 Å². The molecule has 1 heterocycles. The Balaban J connectivity index is 1.33. The zero-order valence-electron chi connectivity index (χ0n) is 21.7. The number of rotatable bonds is 11. The summed E-state index contributed by atoms with van der Waals surface area (Å²) in [6.07, 6.45) is 1.29. The average molecular weight is 547 g/mol. The molecule has 4 N–H and O–H groups in total. The van der Waals surface area contributed by atoms with E-state index in [9.17, 15) is 22.8 Å². The summed E-state index contributed by atoms with van der Waals surface area (Å²) < 4.78 is 46.1. The van der Waals surface area contributed by atoms with Crippen LogP contribution in [0.4, 0.5) is 18.9 Å². The summed E-state index contributed by atoms with van der Waals surface area (Å²) in [5.74, 6) is 0.0964. The van der Waals surface area contributed by atoms with Crippen LogP contribution in [0.15, 0.2) is 48.5 Å². The summed E-state index contributed by atoms with van der Waals surface area (Å²) in [7, 11) is 1.58. The molecule has 0 aliphatic heterocycles. The van der Waals surface area contributed by atoms with Crippen molar-refractivity contribution in [3.8, 4) is 11.5 Å². The maximum Gasteiger partial charge on any atom is 0.573 e. The molecule has 210 valence electrons. The number of H-pyrrole nitrogens is 1. The van der Waals surface area contributed by atoms with Gasteiger partial charge in [-0.2, -0.15) is 0 Å². The summed E-state index contributed by atoms with van der Waals surface area (Å²) in [6, 6.07) is 11.9. The Bertz CT molecular complexity index is 1250. The third kappa shape index (κ3) is 8.30. The number of hydrogen-bond acceptors (Lipinski definition) is 5. The number of benzene rings is 2. The minimum atomic E-state index is -4.75. The highest BCUT2D eigenvalue weighted by Gasteiger charge is 2.31. The largest absolute Gasteiger partial charge is 0.573 e. The molecule has 1 fully saturated rings. The molecule has 1 aliphatic rings. The van der Waals surface area contributed by atoms with Crippen LogP contribution in [0.3, 0.4) is 0 Å². The van der Waals surface area contributed by atoms with Gasteiger partial charge in [0.1, 0.15) is 23.2 Å². The third-order valence-electron chi connectivity index (χ3n) is 6.83. The van der Waals surface area contributed by atoms with Crippen LogP contribution in [-0.2, 0) is 4.79 Å². The number of carbonyl (C=O) groups excluding carboxylic acids is 2. The standard InChI is InChI=1S/C28H33F3N4O4/c1-38-22-11-12-23-19(16-22)17-25(34-23)27(37)35-24(15-18-5-3-2-4-6-18)26(36)33-14-13-32-20-7-9-21(10-8-20)39-28(29,30)31/h7-12,16-18,24,32,34H,2-6,13-15H2,1H3,(H,33,36)(H,35,37)/t24-/m0/s1. The second kappa shape index (κ2) is 12.8. The van der Waals surface area contributed by atoms with E-state index in [0.717, 1.165) is 36.6 Å². The van der Waals surface area contributed by atoms with Gasteiger partial charge in [-0.05, 0) is 60.9 Å². The first-order valence-electron chi connectivity index (χ1n) is 13.1. The van der Waals surface area contributed by atoms with Crippen LogP contribution in [-0.4, -0.2) is 49.4 Å². The van der Waals surface area contributed by atoms with E-state index in [1.54, 1.807) is 19.2 Å². The molecule has 0 unspecified atom stereocenters. The summed E-state index contributed by atoms with van der Waals surface area (Å²) in [4.78, 5) is 29.3. The van der Waals surface area contributed by atoms with E-state index >= 15 is 0 Å². The van der Waals surface area contributed by atoms with Crippen molar-refractivity contribution in [3.05, 3.63) is 54.2 Å². The van der Waals surface area contributed by atoms with Crippen LogP contribution in [0.2, 0.25) is 0 Å². The van der Waals surface area contributed by atoms with Crippen LogP contribution in [0.1, 0.15) is 49.0 Å². The number of aromatic amines is 1. The maximum atomic E-state index is 13.1. The van der Waals surface area contributed by atoms with Crippen molar-refractivity contribution in [2.75, 3.05) is 25.5 Å². The van der Waals surface area contributed by atoms with Gasteiger partial charge in [0.2, 0.25) is 5.91 Å². The van der Waals surface area contributed by atoms with Gasteiger partial charge >= 0.3 is 6.36 Å². The fourth-order valence-corrected chi connectivity index (χ4v) is 4.87. The molecule has 1 atom stereocenters. The number of ether oxygens (including phenoxy) is 2. The molecule has 4 rings (SSSR count). The fourth-order valence-electron chi connectivity index (χ4n) is 4.87. The number of carbonyl (C=O) groups is 2. The second-order valence-corrected chi connectivity index (χ2v) is 9.69. The summed E-state index contributed by atoms with van der Waals surface area (Å²) >= 11 is 0. The lowest BCUT2D eigenvalue weighted by atomic mass is 9.84. The first-order valence-corrected chi connectivity index (χ1v) is 13.1. The van der Waals surface area contributed by atoms with E-state index in [2.05, 4.69) is 25.7 Å². The van der Waals surface area contributed by atoms with Crippen LogP contribution in [0.5, 0.6) is 11.5 Å². The SMILES string of the molecule is COc1ccc2[nH]c(C(=O)N[C@@H](CC3CCCCC3)C(=O)NCCNc3ccc(OC(F)(F)F)cc3)cc2c1. The lowest BCUT2D eigenvalue weighted by molar-refractivity contribution is -0.274. The van der Waals surface area contributed by atoms with Crippen molar-refractivity contribution in [2.24, 2.45) is 5.92 Å². The number of amides is 2. The number of aromatic nitrogens is 1. The third-order valence-corrected chi connectivity index (χ3v) is 6.83. The lowest BCUT2D eigenvalue weighted by Crippen LogP contribution is -2.48. The first kappa shape index (κ1) is 28.1. The van der Waals surface area contributed by atoms with Gasteiger partial charge in [0, 0.05) is 29.7 Å². The smallest absolute Gasteiger partial charge is 0.497 e.